The van der Waals surface area contributed by atoms with Crippen molar-refractivity contribution < 1.29 is 37.0 Å². The number of anilines is 1. The molecule has 1 aliphatic heterocycles. The highest BCUT2D eigenvalue weighted by Gasteiger charge is 2.48. The van der Waals surface area contributed by atoms with Gasteiger partial charge in [0.25, 0.3) is 11.7 Å². The summed E-state index contributed by atoms with van der Waals surface area (Å²) in [4.78, 5) is 26.8. The minimum atomic E-state index is -4.65. The molecule has 1 N–H and O–H groups in total. The summed E-state index contributed by atoms with van der Waals surface area (Å²) in [6.07, 6.45) is -3.36. The Morgan fingerprint density at radius 3 is 2.48 bits per heavy atom. The van der Waals surface area contributed by atoms with Crippen LogP contribution in [0, 0.1) is 0 Å². The third-order valence-corrected chi connectivity index (χ3v) is 5.75. The summed E-state index contributed by atoms with van der Waals surface area (Å²) in [5, 5.41) is 11.0. The molecule has 1 atom stereocenters. The Hall–Kier alpha value is -3.53. The van der Waals surface area contributed by atoms with E-state index in [4.69, 9.17) is 9.15 Å². The molecule has 6 nitrogen and oxygen atoms in total. The van der Waals surface area contributed by atoms with Gasteiger partial charge in [0.05, 0.1) is 29.0 Å². The number of alkyl halides is 3. The van der Waals surface area contributed by atoms with E-state index in [-0.39, 0.29) is 22.6 Å². The van der Waals surface area contributed by atoms with Crippen LogP contribution >= 0.6 is 15.9 Å². The molecule has 0 saturated carbocycles. The fourth-order valence-corrected chi connectivity index (χ4v) is 4.16. The number of rotatable bonds is 4. The lowest BCUT2D eigenvalue weighted by atomic mass is 9.99. The fraction of sp³-hybridized carbons (Fsp3) is 0.130. The quantitative estimate of drug-likeness (QED) is 0.271. The smallest absolute Gasteiger partial charge is 0.416 e. The molecule has 1 aliphatic rings. The van der Waals surface area contributed by atoms with Crippen LogP contribution in [0.4, 0.5) is 18.9 Å². The maximum absolute atomic E-state index is 13.3. The van der Waals surface area contributed by atoms with E-state index in [0.717, 1.165) is 23.1 Å². The highest BCUT2D eigenvalue weighted by Crippen LogP contribution is 2.44. The molecule has 3 aromatic rings. The molecule has 2 aromatic carbocycles. The van der Waals surface area contributed by atoms with Gasteiger partial charge < -0.3 is 14.3 Å². The van der Waals surface area contributed by atoms with E-state index < -0.39 is 35.2 Å². The van der Waals surface area contributed by atoms with Gasteiger partial charge in [-0.3, -0.25) is 14.5 Å². The van der Waals surface area contributed by atoms with E-state index >= 15 is 0 Å². The number of furan rings is 1. The second kappa shape index (κ2) is 8.43. The first-order valence-electron chi connectivity index (χ1n) is 9.49. The maximum Gasteiger partial charge on any atom is 0.416 e. The summed E-state index contributed by atoms with van der Waals surface area (Å²) in [6.45, 7) is 0. The Morgan fingerprint density at radius 2 is 1.88 bits per heavy atom. The Labute approximate surface area is 194 Å². The van der Waals surface area contributed by atoms with Gasteiger partial charge in [0.1, 0.15) is 23.3 Å². The van der Waals surface area contributed by atoms with Gasteiger partial charge >= 0.3 is 6.18 Å². The lowest BCUT2D eigenvalue weighted by Gasteiger charge is -2.24. The molecule has 0 bridgehead atoms. The van der Waals surface area contributed by atoms with Gasteiger partial charge in [0.15, 0.2) is 0 Å². The molecule has 0 radical (unpaired) electrons. The van der Waals surface area contributed by atoms with Crippen molar-refractivity contribution in [1.29, 1.82) is 0 Å². The standard InChI is InChI=1S/C23H15BrF3NO5/c1-32-16-8-7-12(10-15(16)24)20(29)18-19(17-6-3-9-33-17)28(22(31)21(18)30)14-5-2-4-13(11-14)23(25,26)27/h2-11,19,29H,1H3/b20-18-. The second-order valence-electron chi connectivity index (χ2n) is 7.08. The number of nitrogens with zero attached hydrogens (tertiary/aromatic N) is 1. The summed E-state index contributed by atoms with van der Waals surface area (Å²) >= 11 is 3.29. The number of benzene rings is 2. The summed E-state index contributed by atoms with van der Waals surface area (Å²) in [5.41, 5.74) is -1.27. The molecular weight excluding hydrogens is 507 g/mol. The van der Waals surface area contributed by atoms with E-state index in [1.807, 2.05) is 0 Å². The molecule has 4 rings (SSSR count). The molecule has 1 unspecified atom stereocenters. The van der Waals surface area contributed by atoms with E-state index in [1.165, 1.54) is 43.7 Å². The largest absolute Gasteiger partial charge is 0.507 e. The van der Waals surface area contributed by atoms with Gasteiger partial charge in [-0.2, -0.15) is 13.2 Å². The number of aliphatic hydroxyl groups is 1. The topological polar surface area (TPSA) is 80.0 Å². The van der Waals surface area contributed by atoms with Crippen LogP contribution in [0.3, 0.4) is 0 Å². The van der Waals surface area contributed by atoms with Crippen LogP contribution in [0.25, 0.3) is 5.76 Å². The van der Waals surface area contributed by atoms with Gasteiger partial charge in [-0.15, -0.1) is 0 Å². The number of aliphatic hydroxyl groups excluding tert-OH is 1. The highest BCUT2D eigenvalue weighted by molar-refractivity contribution is 9.10. The molecule has 33 heavy (non-hydrogen) atoms. The number of ketones is 1. The van der Waals surface area contributed by atoms with Crippen LogP contribution in [-0.4, -0.2) is 23.9 Å². The number of halogens is 4. The highest BCUT2D eigenvalue weighted by atomic mass is 79.9. The first-order valence-corrected chi connectivity index (χ1v) is 10.3. The lowest BCUT2D eigenvalue weighted by Crippen LogP contribution is -2.29. The van der Waals surface area contributed by atoms with Crippen LogP contribution in [-0.2, 0) is 15.8 Å². The van der Waals surface area contributed by atoms with E-state index in [9.17, 15) is 27.9 Å². The average molecular weight is 522 g/mol. The summed E-state index contributed by atoms with van der Waals surface area (Å²) in [6, 6.07) is 10.3. The Morgan fingerprint density at radius 1 is 1.12 bits per heavy atom. The van der Waals surface area contributed by atoms with E-state index in [2.05, 4.69) is 15.9 Å². The number of hydrogen-bond acceptors (Lipinski definition) is 5. The van der Waals surface area contributed by atoms with Crippen molar-refractivity contribution in [3.63, 3.8) is 0 Å². The lowest BCUT2D eigenvalue weighted by molar-refractivity contribution is -0.137. The van der Waals surface area contributed by atoms with Crippen molar-refractivity contribution >= 4 is 39.1 Å². The normalized spacial score (nSPS) is 18.1. The van der Waals surface area contributed by atoms with Gasteiger partial charge in [-0.25, -0.2) is 0 Å². The first-order chi connectivity index (χ1) is 15.6. The first kappa shape index (κ1) is 22.7. The van der Waals surface area contributed by atoms with Crippen molar-refractivity contribution in [2.45, 2.75) is 12.2 Å². The Bertz CT molecular complexity index is 1270. The van der Waals surface area contributed by atoms with Crippen LogP contribution in [0.2, 0.25) is 0 Å². The van der Waals surface area contributed by atoms with Crippen molar-refractivity contribution in [2.75, 3.05) is 12.0 Å². The van der Waals surface area contributed by atoms with Crippen molar-refractivity contribution in [2.24, 2.45) is 0 Å². The summed E-state index contributed by atoms with van der Waals surface area (Å²) < 4.78 is 50.9. The fourth-order valence-electron chi connectivity index (χ4n) is 3.62. The SMILES string of the molecule is COc1ccc(/C(O)=C2/C(=O)C(=O)N(c3cccc(C(F)(F)F)c3)C2c2ccco2)cc1Br. The average Bonchev–Trinajstić information content (AvgIpc) is 3.40. The molecular formula is C23H15BrF3NO5. The third kappa shape index (κ3) is 4.02. The second-order valence-corrected chi connectivity index (χ2v) is 7.94. The van der Waals surface area contributed by atoms with Crippen LogP contribution < -0.4 is 9.64 Å². The monoisotopic (exact) mass is 521 g/mol. The van der Waals surface area contributed by atoms with Gasteiger partial charge in [-0.05, 0) is 64.5 Å². The predicted octanol–water partition coefficient (Wildman–Crippen LogP) is 5.70. The molecule has 1 aromatic heterocycles. The number of carbonyl (C=O) groups excluding carboxylic acids is 2. The molecule has 10 heteroatoms. The third-order valence-electron chi connectivity index (χ3n) is 5.13. The number of methoxy groups -OCH3 is 1. The van der Waals surface area contributed by atoms with E-state index in [1.54, 1.807) is 6.07 Å². The van der Waals surface area contributed by atoms with Crippen LogP contribution in [0.5, 0.6) is 5.75 Å². The van der Waals surface area contributed by atoms with E-state index in [0.29, 0.717) is 10.2 Å². The number of ether oxygens (including phenoxy) is 1. The Balaban J connectivity index is 1.91. The van der Waals surface area contributed by atoms with Crippen LogP contribution in [0.15, 0.2) is 75.3 Å². The number of carbonyl (C=O) groups is 2. The number of Topliss-reactive ketones (excluding diaryl/α,β-unsaturated/α-hetero) is 1. The molecule has 1 saturated heterocycles. The van der Waals surface area contributed by atoms with Gasteiger partial charge in [0, 0.05) is 11.3 Å². The zero-order chi connectivity index (χ0) is 23.9. The summed E-state index contributed by atoms with van der Waals surface area (Å²) in [7, 11) is 1.46. The Kier molecular flexibility index (Phi) is 5.79. The zero-order valence-corrected chi connectivity index (χ0v) is 18.5. The molecule has 0 aliphatic carbocycles. The van der Waals surface area contributed by atoms with Crippen molar-refractivity contribution in [3.05, 3.63) is 87.8 Å². The van der Waals surface area contributed by atoms with Crippen LogP contribution in [0.1, 0.15) is 22.9 Å². The molecule has 0 spiro atoms. The predicted molar refractivity (Wildman–Crippen MR) is 116 cm³/mol. The molecule has 170 valence electrons. The minimum absolute atomic E-state index is 0.0979. The van der Waals surface area contributed by atoms with Gasteiger partial charge in [-0.1, -0.05) is 6.07 Å². The molecule has 1 fully saturated rings. The summed E-state index contributed by atoms with van der Waals surface area (Å²) in [5.74, 6) is -2.09. The van der Waals surface area contributed by atoms with Crippen molar-refractivity contribution in [1.82, 2.24) is 0 Å². The molecule has 1 amide bonds. The zero-order valence-electron chi connectivity index (χ0n) is 16.9. The maximum atomic E-state index is 13.3. The molecule has 2 heterocycles. The minimum Gasteiger partial charge on any atom is -0.507 e. The number of amides is 1. The van der Waals surface area contributed by atoms with Crippen molar-refractivity contribution in [3.8, 4) is 5.75 Å². The number of hydrogen-bond donors (Lipinski definition) is 1. The van der Waals surface area contributed by atoms with Gasteiger partial charge in [0.2, 0.25) is 0 Å².